The highest BCUT2D eigenvalue weighted by Crippen LogP contribution is 2.36. The number of benzene rings is 2. The Morgan fingerprint density at radius 2 is 1.38 bits per heavy atom. The van der Waals surface area contributed by atoms with E-state index in [-0.39, 0.29) is 0 Å². The molecular weight excluding hydrogens is 334 g/mol. The topological polar surface area (TPSA) is 0 Å². The molecule has 1 aliphatic carbocycles. The van der Waals surface area contributed by atoms with Crippen LogP contribution in [0.4, 0.5) is 8.78 Å². The van der Waals surface area contributed by atoms with Crippen LogP contribution in [0.2, 0.25) is 0 Å². The Labute approximate surface area is 132 Å². The molecule has 0 heterocycles. The maximum atomic E-state index is 13.3. The second-order valence-electron chi connectivity index (χ2n) is 5.70. The molecule has 0 aromatic heterocycles. The fourth-order valence-corrected chi connectivity index (χ4v) is 3.54. The molecule has 0 amide bonds. The van der Waals surface area contributed by atoms with Crippen molar-refractivity contribution in [2.75, 3.05) is 0 Å². The molecule has 0 N–H and O–H groups in total. The van der Waals surface area contributed by atoms with Crippen LogP contribution in [0, 0.1) is 11.6 Å². The molecule has 0 atom stereocenters. The zero-order valence-electron chi connectivity index (χ0n) is 11.7. The molecule has 21 heavy (non-hydrogen) atoms. The molecule has 0 saturated heterocycles. The van der Waals surface area contributed by atoms with Crippen molar-refractivity contribution in [2.24, 2.45) is 0 Å². The summed E-state index contributed by atoms with van der Waals surface area (Å²) in [6, 6.07) is 12.3. The molecule has 1 fully saturated rings. The Hall–Kier alpha value is -1.22. The first-order valence-electron chi connectivity index (χ1n) is 7.33. The van der Waals surface area contributed by atoms with Crippen LogP contribution in [-0.2, 0) is 0 Å². The van der Waals surface area contributed by atoms with Gasteiger partial charge in [0.1, 0.15) is 0 Å². The quantitative estimate of drug-likeness (QED) is 0.578. The predicted octanol–water partition coefficient (Wildman–Crippen LogP) is 6.05. The van der Waals surface area contributed by atoms with Crippen LogP contribution in [0.1, 0.15) is 37.2 Å². The lowest BCUT2D eigenvalue weighted by Gasteiger charge is -2.25. The summed E-state index contributed by atoms with van der Waals surface area (Å²) < 4.78 is 26.3. The van der Waals surface area contributed by atoms with Crippen LogP contribution in [-0.4, -0.2) is 4.83 Å². The number of halogens is 3. The lowest BCUT2D eigenvalue weighted by atomic mass is 9.83. The maximum absolute atomic E-state index is 13.3. The second kappa shape index (κ2) is 6.27. The number of hydrogen-bond donors (Lipinski definition) is 0. The van der Waals surface area contributed by atoms with Gasteiger partial charge in [0.25, 0.3) is 0 Å². The first-order chi connectivity index (χ1) is 10.1. The minimum atomic E-state index is -0.804. The number of alkyl halides is 1. The molecule has 3 heteroatoms. The summed E-state index contributed by atoms with van der Waals surface area (Å²) in [6.45, 7) is 0. The van der Waals surface area contributed by atoms with Crippen LogP contribution in [0.25, 0.3) is 11.1 Å². The first-order valence-corrected chi connectivity index (χ1v) is 8.24. The Balaban J connectivity index is 1.79. The average Bonchev–Trinajstić information content (AvgIpc) is 2.51. The van der Waals surface area contributed by atoms with Gasteiger partial charge in [-0.25, -0.2) is 8.78 Å². The van der Waals surface area contributed by atoms with E-state index in [9.17, 15) is 8.78 Å². The van der Waals surface area contributed by atoms with Gasteiger partial charge in [-0.3, -0.25) is 0 Å². The van der Waals surface area contributed by atoms with E-state index in [0.29, 0.717) is 16.3 Å². The molecule has 0 unspecified atom stereocenters. The van der Waals surface area contributed by atoms with Gasteiger partial charge in [-0.05, 0) is 60.4 Å². The molecule has 0 radical (unpaired) electrons. The van der Waals surface area contributed by atoms with Crippen LogP contribution in [0.5, 0.6) is 0 Å². The summed E-state index contributed by atoms with van der Waals surface area (Å²) >= 11 is 3.68. The van der Waals surface area contributed by atoms with Crippen molar-refractivity contribution in [2.45, 2.75) is 36.4 Å². The molecule has 0 aliphatic heterocycles. The summed E-state index contributed by atoms with van der Waals surface area (Å²) in [6.07, 6.45) is 4.85. The van der Waals surface area contributed by atoms with Crippen molar-refractivity contribution < 1.29 is 8.78 Å². The number of rotatable bonds is 2. The molecule has 2 aromatic carbocycles. The van der Waals surface area contributed by atoms with Gasteiger partial charge in [0.2, 0.25) is 0 Å². The van der Waals surface area contributed by atoms with E-state index in [0.717, 1.165) is 5.56 Å². The first kappa shape index (κ1) is 14.7. The Bertz CT molecular complexity index is 614. The smallest absolute Gasteiger partial charge is 0.159 e. The minimum Gasteiger partial charge on any atom is -0.204 e. The van der Waals surface area contributed by atoms with E-state index in [1.807, 2.05) is 12.1 Å². The second-order valence-corrected chi connectivity index (χ2v) is 6.99. The minimum absolute atomic E-state index is 0.623. The summed E-state index contributed by atoms with van der Waals surface area (Å²) in [5.74, 6) is -0.980. The van der Waals surface area contributed by atoms with Crippen molar-refractivity contribution in [1.29, 1.82) is 0 Å². The fraction of sp³-hybridized carbons (Fsp3) is 0.333. The molecular formula is C18H17BrF2. The zero-order chi connectivity index (χ0) is 14.8. The SMILES string of the molecule is Fc1ccc(-c2ccc(C3CCC(Br)CC3)cc2)cc1F. The van der Waals surface area contributed by atoms with E-state index in [1.54, 1.807) is 6.07 Å². The Morgan fingerprint density at radius 3 is 2.00 bits per heavy atom. The van der Waals surface area contributed by atoms with E-state index < -0.39 is 11.6 Å². The van der Waals surface area contributed by atoms with Crippen LogP contribution >= 0.6 is 15.9 Å². The van der Waals surface area contributed by atoms with E-state index in [2.05, 4.69) is 28.1 Å². The van der Waals surface area contributed by atoms with Gasteiger partial charge in [0.05, 0.1) is 0 Å². The third kappa shape index (κ3) is 3.34. The molecule has 0 nitrogen and oxygen atoms in total. The van der Waals surface area contributed by atoms with Gasteiger partial charge in [-0.1, -0.05) is 46.3 Å². The van der Waals surface area contributed by atoms with Gasteiger partial charge in [0, 0.05) is 4.83 Å². The molecule has 1 saturated carbocycles. The van der Waals surface area contributed by atoms with E-state index >= 15 is 0 Å². The van der Waals surface area contributed by atoms with E-state index in [1.165, 1.54) is 43.4 Å². The summed E-state index contributed by atoms with van der Waals surface area (Å²) in [5.41, 5.74) is 2.98. The van der Waals surface area contributed by atoms with Gasteiger partial charge in [0.15, 0.2) is 11.6 Å². The Kier molecular flexibility index (Phi) is 4.39. The highest BCUT2D eigenvalue weighted by atomic mass is 79.9. The summed E-state index contributed by atoms with van der Waals surface area (Å²) in [7, 11) is 0. The number of hydrogen-bond acceptors (Lipinski definition) is 0. The average molecular weight is 351 g/mol. The van der Waals surface area contributed by atoms with Crippen LogP contribution in [0.3, 0.4) is 0 Å². The largest absolute Gasteiger partial charge is 0.204 e. The van der Waals surface area contributed by atoms with Crippen molar-refractivity contribution in [3.63, 3.8) is 0 Å². The van der Waals surface area contributed by atoms with Crippen molar-refractivity contribution in [3.05, 3.63) is 59.7 Å². The van der Waals surface area contributed by atoms with E-state index in [4.69, 9.17) is 0 Å². The fourth-order valence-electron chi connectivity index (χ4n) is 3.01. The van der Waals surface area contributed by atoms with Gasteiger partial charge in [-0.2, -0.15) is 0 Å². The molecule has 0 bridgehead atoms. The molecule has 1 aliphatic rings. The monoisotopic (exact) mass is 350 g/mol. The molecule has 0 spiro atoms. The van der Waals surface area contributed by atoms with Gasteiger partial charge >= 0.3 is 0 Å². The molecule has 110 valence electrons. The standard InChI is InChI=1S/C18H17BrF2/c19-16-8-5-13(6-9-16)12-1-3-14(4-2-12)15-7-10-17(20)18(21)11-15/h1-4,7,10-11,13,16H,5-6,8-9H2. The van der Waals surface area contributed by atoms with Gasteiger partial charge < -0.3 is 0 Å². The third-order valence-electron chi connectivity index (χ3n) is 4.29. The highest BCUT2D eigenvalue weighted by molar-refractivity contribution is 9.09. The van der Waals surface area contributed by atoms with Crippen molar-refractivity contribution >= 4 is 15.9 Å². The predicted molar refractivity (Wildman–Crippen MR) is 85.7 cm³/mol. The van der Waals surface area contributed by atoms with Gasteiger partial charge in [-0.15, -0.1) is 0 Å². The molecule has 3 rings (SSSR count). The molecule has 2 aromatic rings. The Morgan fingerprint density at radius 1 is 0.762 bits per heavy atom. The van der Waals surface area contributed by atoms with Crippen molar-refractivity contribution in [3.8, 4) is 11.1 Å². The normalized spacial score (nSPS) is 22.2. The maximum Gasteiger partial charge on any atom is 0.159 e. The lowest BCUT2D eigenvalue weighted by Crippen LogP contribution is -2.12. The zero-order valence-corrected chi connectivity index (χ0v) is 13.2. The highest BCUT2D eigenvalue weighted by Gasteiger charge is 2.20. The van der Waals surface area contributed by atoms with Crippen LogP contribution in [0.15, 0.2) is 42.5 Å². The van der Waals surface area contributed by atoms with Crippen LogP contribution < -0.4 is 0 Å². The lowest BCUT2D eigenvalue weighted by molar-refractivity contribution is 0.457. The summed E-state index contributed by atoms with van der Waals surface area (Å²) in [4.78, 5) is 0.662. The summed E-state index contributed by atoms with van der Waals surface area (Å²) in [5, 5.41) is 0. The third-order valence-corrected chi connectivity index (χ3v) is 5.21. The van der Waals surface area contributed by atoms with Crippen molar-refractivity contribution in [1.82, 2.24) is 0 Å².